The molecule has 1 amide bonds. The SMILES string of the molecule is COCC(C)(O)CNC(=O)c1ccc(C#N)cc1. The molecule has 0 fully saturated rings. The van der Waals surface area contributed by atoms with Crippen molar-refractivity contribution in [2.24, 2.45) is 0 Å². The molecule has 0 spiro atoms. The first-order valence-electron chi connectivity index (χ1n) is 5.48. The molecule has 5 nitrogen and oxygen atoms in total. The molecule has 1 rings (SSSR count). The van der Waals surface area contributed by atoms with Crippen molar-refractivity contribution < 1.29 is 14.6 Å². The number of hydrogen-bond acceptors (Lipinski definition) is 4. The number of rotatable bonds is 5. The lowest BCUT2D eigenvalue weighted by Gasteiger charge is -2.22. The number of nitrogens with one attached hydrogen (secondary N) is 1. The van der Waals surface area contributed by atoms with E-state index in [1.54, 1.807) is 31.2 Å². The van der Waals surface area contributed by atoms with Crippen LogP contribution in [0.3, 0.4) is 0 Å². The average molecular weight is 248 g/mol. The maximum Gasteiger partial charge on any atom is 0.251 e. The Morgan fingerprint density at radius 1 is 1.50 bits per heavy atom. The van der Waals surface area contributed by atoms with Crippen LogP contribution in [0.25, 0.3) is 0 Å². The summed E-state index contributed by atoms with van der Waals surface area (Å²) in [7, 11) is 1.48. The van der Waals surface area contributed by atoms with Crippen molar-refractivity contribution in [1.82, 2.24) is 5.32 Å². The minimum atomic E-state index is -1.10. The molecule has 0 saturated heterocycles. The highest BCUT2D eigenvalue weighted by molar-refractivity contribution is 5.94. The van der Waals surface area contributed by atoms with Gasteiger partial charge in [0.25, 0.3) is 5.91 Å². The largest absolute Gasteiger partial charge is 0.386 e. The summed E-state index contributed by atoms with van der Waals surface area (Å²) in [6.07, 6.45) is 0. The van der Waals surface area contributed by atoms with E-state index in [0.717, 1.165) is 0 Å². The molecule has 18 heavy (non-hydrogen) atoms. The molecule has 2 N–H and O–H groups in total. The van der Waals surface area contributed by atoms with Crippen molar-refractivity contribution in [3.63, 3.8) is 0 Å². The molecule has 0 aliphatic heterocycles. The Kier molecular flexibility index (Phi) is 4.84. The lowest BCUT2D eigenvalue weighted by Crippen LogP contribution is -2.43. The van der Waals surface area contributed by atoms with Gasteiger partial charge in [0.05, 0.1) is 18.2 Å². The third-order valence-corrected chi connectivity index (χ3v) is 2.36. The Labute approximate surface area is 106 Å². The molecule has 96 valence electrons. The molecule has 0 bridgehead atoms. The average Bonchev–Trinajstić information content (AvgIpc) is 2.36. The fourth-order valence-corrected chi connectivity index (χ4v) is 1.43. The van der Waals surface area contributed by atoms with Crippen LogP contribution in [-0.2, 0) is 4.74 Å². The van der Waals surface area contributed by atoms with Crippen LogP contribution in [0.4, 0.5) is 0 Å². The number of methoxy groups -OCH3 is 1. The van der Waals surface area contributed by atoms with E-state index in [4.69, 9.17) is 10.00 Å². The van der Waals surface area contributed by atoms with E-state index in [9.17, 15) is 9.90 Å². The van der Waals surface area contributed by atoms with Gasteiger partial charge in [-0.1, -0.05) is 0 Å². The number of carbonyl (C=O) groups is 1. The molecule has 0 heterocycles. The molecule has 1 atom stereocenters. The number of carbonyl (C=O) groups excluding carboxylic acids is 1. The van der Waals surface area contributed by atoms with Crippen LogP contribution in [0.1, 0.15) is 22.8 Å². The Morgan fingerprint density at radius 2 is 2.11 bits per heavy atom. The Balaban J connectivity index is 2.58. The second-order valence-electron chi connectivity index (χ2n) is 4.30. The van der Waals surface area contributed by atoms with Gasteiger partial charge < -0.3 is 15.2 Å². The highest BCUT2D eigenvalue weighted by Gasteiger charge is 2.21. The summed E-state index contributed by atoms with van der Waals surface area (Å²) in [6.45, 7) is 1.82. The van der Waals surface area contributed by atoms with Gasteiger partial charge in [0.15, 0.2) is 0 Å². The zero-order valence-corrected chi connectivity index (χ0v) is 10.4. The van der Waals surface area contributed by atoms with Crippen molar-refractivity contribution in [1.29, 1.82) is 5.26 Å². The molecule has 5 heteroatoms. The first kappa shape index (κ1) is 14.2. The van der Waals surface area contributed by atoms with Crippen LogP contribution in [0.15, 0.2) is 24.3 Å². The summed E-state index contributed by atoms with van der Waals surface area (Å²) >= 11 is 0. The summed E-state index contributed by atoms with van der Waals surface area (Å²) in [5.74, 6) is -0.295. The minimum absolute atomic E-state index is 0.0969. The van der Waals surface area contributed by atoms with E-state index in [1.807, 2.05) is 6.07 Å². The van der Waals surface area contributed by atoms with Crippen LogP contribution < -0.4 is 5.32 Å². The summed E-state index contributed by atoms with van der Waals surface area (Å²) in [5.41, 5.74) is -0.156. The van der Waals surface area contributed by atoms with Gasteiger partial charge in [-0.3, -0.25) is 4.79 Å². The van der Waals surface area contributed by atoms with E-state index in [-0.39, 0.29) is 19.1 Å². The first-order chi connectivity index (χ1) is 8.48. The smallest absolute Gasteiger partial charge is 0.251 e. The number of ether oxygens (including phenoxy) is 1. The molecule has 0 aliphatic carbocycles. The second kappa shape index (κ2) is 6.15. The summed E-state index contributed by atoms with van der Waals surface area (Å²) < 4.78 is 4.84. The van der Waals surface area contributed by atoms with Gasteiger partial charge in [-0.05, 0) is 31.2 Å². The van der Waals surface area contributed by atoms with Crippen LogP contribution in [0.5, 0.6) is 0 Å². The lowest BCUT2D eigenvalue weighted by molar-refractivity contribution is -0.0147. The summed E-state index contributed by atoms with van der Waals surface area (Å²) in [5, 5.41) is 21.1. The summed E-state index contributed by atoms with van der Waals surface area (Å²) in [4.78, 5) is 11.7. The van der Waals surface area contributed by atoms with Crippen molar-refractivity contribution in [2.75, 3.05) is 20.3 Å². The molecule has 0 aromatic heterocycles. The molecular weight excluding hydrogens is 232 g/mol. The van der Waals surface area contributed by atoms with Gasteiger partial charge in [0, 0.05) is 19.2 Å². The Bertz CT molecular complexity index is 446. The molecule has 1 aromatic carbocycles. The number of aliphatic hydroxyl groups is 1. The molecular formula is C13H16N2O3. The van der Waals surface area contributed by atoms with Crippen LogP contribution in [-0.4, -0.2) is 36.9 Å². The second-order valence-corrected chi connectivity index (χ2v) is 4.30. The van der Waals surface area contributed by atoms with Crippen LogP contribution in [0.2, 0.25) is 0 Å². The van der Waals surface area contributed by atoms with Crippen LogP contribution in [0, 0.1) is 11.3 Å². The predicted octanol–water partition coefficient (Wildman–Crippen LogP) is 0.685. The van der Waals surface area contributed by atoms with E-state index in [2.05, 4.69) is 5.32 Å². The standard InChI is InChI=1S/C13H16N2O3/c1-13(17,9-18-2)8-15-12(16)11-5-3-10(7-14)4-6-11/h3-6,17H,8-9H2,1-2H3,(H,15,16). The van der Waals surface area contributed by atoms with Crippen LogP contribution >= 0.6 is 0 Å². The zero-order chi connectivity index (χ0) is 13.6. The van der Waals surface area contributed by atoms with Gasteiger partial charge >= 0.3 is 0 Å². The number of benzene rings is 1. The maximum atomic E-state index is 11.7. The van der Waals surface area contributed by atoms with Crippen molar-refractivity contribution in [2.45, 2.75) is 12.5 Å². The number of nitriles is 1. The van der Waals surface area contributed by atoms with Gasteiger partial charge in [0.2, 0.25) is 0 Å². The maximum absolute atomic E-state index is 11.7. The topological polar surface area (TPSA) is 82.3 Å². The quantitative estimate of drug-likeness (QED) is 0.803. The van der Waals surface area contributed by atoms with Gasteiger partial charge in [-0.2, -0.15) is 5.26 Å². The van der Waals surface area contributed by atoms with E-state index in [0.29, 0.717) is 11.1 Å². The Morgan fingerprint density at radius 3 is 2.61 bits per heavy atom. The molecule has 0 saturated carbocycles. The Hall–Kier alpha value is -1.90. The first-order valence-corrected chi connectivity index (χ1v) is 5.48. The van der Waals surface area contributed by atoms with E-state index >= 15 is 0 Å². The fourth-order valence-electron chi connectivity index (χ4n) is 1.43. The number of amides is 1. The number of hydrogen-bond donors (Lipinski definition) is 2. The third kappa shape index (κ3) is 4.17. The zero-order valence-electron chi connectivity index (χ0n) is 10.4. The third-order valence-electron chi connectivity index (χ3n) is 2.36. The van der Waals surface area contributed by atoms with Gasteiger partial charge in [-0.25, -0.2) is 0 Å². The van der Waals surface area contributed by atoms with Crippen molar-refractivity contribution >= 4 is 5.91 Å². The normalized spacial score (nSPS) is 13.4. The highest BCUT2D eigenvalue weighted by Crippen LogP contribution is 2.05. The molecule has 0 radical (unpaired) electrons. The van der Waals surface area contributed by atoms with E-state index < -0.39 is 5.60 Å². The van der Waals surface area contributed by atoms with Gasteiger partial charge in [0.1, 0.15) is 5.60 Å². The van der Waals surface area contributed by atoms with E-state index in [1.165, 1.54) is 7.11 Å². The predicted molar refractivity (Wildman–Crippen MR) is 66.0 cm³/mol. The molecule has 0 aliphatic rings. The molecule has 1 unspecified atom stereocenters. The van der Waals surface area contributed by atoms with Gasteiger partial charge in [-0.15, -0.1) is 0 Å². The van der Waals surface area contributed by atoms with Crippen molar-refractivity contribution in [3.05, 3.63) is 35.4 Å². The molecule has 1 aromatic rings. The minimum Gasteiger partial charge on any atom is -0.386 e. The van der Waals surface area contributed by atoms with Crippen molar-refractivity contribution in [3.8, 4) is 6.07 Å². The highest BCUT2D eigenvalue weighted by atomic mass is 16.5. The fraction of sp³-hybridized carbons (Fsp3) is 0.385. The monoisotopic (exact) mass is 248 g/mol. The summed E-state index contributed by atoms with van der Waals surface area (Å²) in [6, 6.07) is 8.26. The number of nitrogens with zero attached hydrogens (tertiary/aromatic N) is 1. The lowest BCUT2D eigenvalue weighted by atomic mass is 10.1.